The Kier molecular flexibility index (Phi) is 3.83. The molecule has 0 radical (unpaired) electrons. The van der Waals surface area contributed by atoms with Crippen molar-refractivity contribution in [2.75, 3.05) is 7.11 Å². The number of rotatable bonds is 4. The summed E-state index contributed by atoms with van der Waals surface area (Å²) >= 11 is 0. The number of ether oxygens (including phenoxy) is 2. The van der Waals surface area contributed by atoms with E-state index in [-0.39, 0.29) is 11.6 Å². The van der Waals surface area contributed by atoms with Crippen LogP contribution in [0.2, 0.25) is 0 Å². The van der Waals surface area contributed by atoms with Crippen molar-refractivity contribution >= 4 is 10.8 Å². The smallest absolute Gasteiger partial charge is 0.127 e. The summed E-state index contributed by atoms with van der Waals surface area (Å²) in [4.78, 5) is 0. The van der Waals surface area contributed by atoms with Crippen LogP contribution in [-0.2, 0) is 6.61 Å². The SMILES string of the molecule is COc1ccc(COc2cc(O)c3cc(F)ccc3c2)cc1. The Labute approximate surface area is 127 Å². The third-order valence-electron chi connectivity index (χ3n) is 3.43. The van der Waals surface area contributed by atoms with Crippen LogP contribution in [0.5, 0.6) is 17.2 Å². The standard InChI is InChI=1S/C18H15FO3/c1-21-15-6-2-12(3-7-15)11-22-16-8-13-4-5-14(19)9-17(13)18(20)10-16/h2-10,20H,11H2,1H3. The highest BCUT2D eigenvalue weighted by molar-refractivity contribution is 5.89. The maximum atomic E-state index is 13.2. The highest BCUT2D eigenvalue weighted by atomic mass is 19.1. The van der Waals surface area contributed by atoms with Gasteiger partial charge in [-0.25, -0.2) is 4.39 Å². The summed E-state index contributed by atoms with van der Waals surface area (Å²) in [7, 11) is 1.62. The molecule has 3 rings (SSSR count). The van der Waals surface area contributed by atoms with Gasteiger partial charge in [0.2, 0.25) is 0 Å². The molecule has 0 bridgehead atoms. The van der Waals surface area contributed by atoms with Gasteiger partial charge >= 0.3 is 0 Å². The quantitative estimate of drug-likeness (QED) is 0.781. The number of hydrogen-bond donors (Lipinski definition) is 1. The zero-order valence-electron chi connectivity index (χ0n) is 12.0. The van der Waals surface area contributed by atoms with E-state index in [1.54, 1.807) is 19.2 Å². The van der Waals surface area contributed by atoms with Gasteiger partial charge in [-0.15, -0.1) is 0 Å². The lowest BCUT2D eigenvalue weighted by Crippen LogP contribution is -1.95. The van der Waals surface area contributed by atoms with Crippen LogP contribution in [0.25, 0.3) is 10.8 Å². The zero-order chi connectivity index (χ0) is 15.5. The fraction of sp³-hybridized carbons (Fsp3) is 0.111. The van der Waals surface area contributed by atoms with Crippen molar-refractivity contribution in [3.63, 3.8) is 0 Å². The van der Waals surface area contributed by atoms with Crippen molar-refractivity contribution in [1.82, 2.24) is 0 Å². The fourth-order valence-corrected chi connectivity index (χ4v) is 2.26. The van der Waals surface area contributed by atoms with Crippen LogP contribution < -0.4 is 9.47 Å². The molecule has 3 aromatic carbocycles. The van der Waals surface area contributed by atoms with Gasteiger partial charge < -0.3 is 14.6 Å². The van der Waals surface area contributed by atoms with Crippen molar-refractivity contribution in [2.45, 2.75) is 6.61 Å². The summed E-state index contributed by atoms with van der Waals surface area (Å²) < 4.78 is 24.0. The molecule has 3 aromatic rings. The van der Waals surface area contributed by atoms with Gasteiger partial charge in [0.25, 0.3) is 0 Å². The Bertz CT molecular complexity index is 797. The minimum absolute atomic E-state index is 0.00160. The summed E-state index contributed by atoms with van der Waals surface area (Å²) in [5, 5.41) is 11.2. The Hall–Kier alpha value is -2.75. The molecule has 0 atom stereocenters. The number of phenolic OH excluding ortho intramolecular Hbond substituents is 1. The molecule has 0 aliphatic heterocycles. The van der Waals surface area contributed by atoms with Crippen molar-refractivity contribution in [3.05, 3.63) is 66.0 Å². The minimum Gasteiger partial charge on any atom is -0.507 e. The maximum Gasteiger partial charge on any atom is 0.127 e. The van der Waals surface area contributed by atoms with E-state index < -0.39 is 0 Å². The molecule has 22 heavy (non-hydrogen) atoms. The largest absolute Gasteiger partial charge is 0.507 e. The second-order valence-electron chi connectivity index (χ2n) is 4.94. The molecule has 0 heterocycles. The summed E-state index contributed by atoms with van der Waals surface area (Å²) in [5.74, 6) is 0.943. The minimum atomic E-state index is -0.380. The monoisotopic (exact) mass is 298 g/mol. The van der Waals surface area contributed by atoms with Gasteiger partial charge in [-0.05, 0) is 41.3 Å². The van der Waals surface area contributed by atoms with Crippen LogP contribution in [-0.4, -0.2) is 12.2 Å². The molecule has 0 saturated heterocycles. The molecule has 112 valence electrons. The third-order valence-corrected chi connectivity index (χ3v) is 3.43. The molecule has 0 fully saturated rings. The number of hydrogen-bond acceptors (Lipinski definition) is 3. The Balaban J connectivity index is 1.80. The first-order valence-corrected chi connectivity index (χ1v) is 6.84. The van der Waals surface area contributed by atoms with E-state index in [0.29, 0.717) is 17.7 Å². The van der Waals surface area contributed by atoms with E-state index in [2.05, 4.69) is 0 Å². The summed E-state index contributed by atoms with van der Waals surface area (Å²) in [6.45, 7) is 0.371. The fourth-order valence-electron chi connectivity index (χ4n) is 2.26. The summed E-state index contributed by atoms with van der Waals surface area (Å²) in [6, 6.07) is 15.1. The number of fused-ring (bicyclic) bond motifs is 1. The lowest BCUT2D eigenvalue weighted by molar-refractivity contribution is 0.305. The molecule has 0 aliphatic rings. The van der Waals surface area contributed by atoms with Crippen molar-refractivity contribution < 1.29 is 19.0 Å². The van der Waals surface area contributed by atoms with Crippen LogP contribution in [0.1, 0.15) is 5.56 Å². The van der Waals surface area contributed by atoms with Gasteiger partial charge in [0.15, 0.2) is 0 Å². The van der Waals surface area contributed by atoms with Crippen LogP contribution >= 0.6 is 0 Å². The van der Waals surface area contributed by atoms with Gasteiger partial charge in [0, 0.05) is 11.5 Å². The van der Waals surface area contributed by atoms with Crippen LogP contribution in [0.3, 0.4) is 0 Å². The lowest BCUT2D eigenvalue weighted by Gasteiger charge is -2.09. The van der Waals surface area contributed by atoms with E-state index in [1.807, 2.05) is 24.3 Å². The van der Waals surface area contributed by atoms with Gasteiger partial charge in [0.1, 0.15) is 29.7 Å². The van der Waals surface area contributed by atoms with Crippen LogP contribution in [0.4, 0.5) is 4.39 Å². The lowest BCUT2D eigenvalue weighted by atomic mass is 10.1. The number of aromatic hydroxyl groups is 1. The van der Waals surface area contributed by atoms with Gasteiger partial charge in [0.05, 0.1) is 7.11 Å². The molecule has 0 aromatic heterocycles. The van der Waals surface area contributed by atoms with Crippen LogP contribution in [0, 0.1) is 5.82 Å². The summed E-state index contributed by atoms with van der Waals surface area (Å²) in [6.07, 6.45) is 0. The van der Waals surface area contributed by atoms with E-state index in [1.165, 1.54) is 18.2 Å². The van der Waals surface area contributed by atoms with Gasteiger partial charge in [-0.1, -0.05) is 18.2 Å². The number of phenols is 1. The number of halogens is 1. The Morgan fingerprint density at radius 2 is 1.73 bits per heavy atom. The maximum absolute atomic E-state index is 13.2. The zero-order valence-corrected chi connectivity index (χ0v) is 12.0. The molecular weight excluding hydrogens is 283 g/mol. The molecular formula is C18H15FO3. The normalized spacial score (nSPS) is 10.6. The number of methoxy groups -OCH3 is 1. The predicted molar refractivity (Wildman–Crippen MR) is 82.9 cm³/mol. The predicted octanol–water partition coefficient (Wildman–Crippen LogP) is 4.27. The average molecular weight is 298 g/mol. The highest BCUT2D eigenvalue weighted by Gasteiger charge is 2.06. The molecule has 0 aliphatic carbocycles. The highest BCUT2D eigenvalue weighted by Crippen LogP contribution is 2.31. The molecule has 3 nitrogen and oxygen atoms in total. The molecule has 0 unspecified atom stereocenters. The molecule has 1 N–H and O–H groups in total. The van der Waals surface area contributed by atoms with Crippen molar-refractivity contribution in [1.29, 1.82) is 0 Å². The summed E-state index contributed by atoms with van der Waals surface area (Å²) in [5.41, 5.74) is 0.986. The first-order valence-electron chi connectivity index (χ1n) is 6.84. The average Bonchev–Trinajstić information content (AvgIpc) is 2.54. The number of benzene rings is 3. The first kappa shape index (κ1) is 14.2. The second kappa shape index (κ2) is 5.93. The van der Waals surface area contributed by atoms with E-state index in [9.17, 15) is 9.50 Å². The Morgan fingerprint density at radius 1 is 0.955 bits per heavy atom. The third kappa shape index (κ3) is 2.96. The van der Waals surface area contributed by atoms with Gasteiger partial charge in [-0.3, -0.25) is 0 Å². The first-order chi connectivity index (χ1) is 10.7. The molecule has 0 spiro atoms. The molecule has 4 heteroatoms. The van der Waals surface area contributed by atoms with E-state index in [4.69, 9.17) is 9.47 Å². The topological polar surface area (TPSA) is 38.7 Å². The van der Waals surface area contributed by atoms with Crippen molar-refractivity contribution in [2.24, 2.45) is 0 Å². The van der Waals surface area contributed by atoms with E-state index >= 15 is 0 Å². The van der Waals surface area contributed by atoms with E-state index in [0.717, 1.165) is 16.7 Å². The molecule has 0 saturated carbocycles. The van der Waals surface area contributed by atoms with Crippen LogP contribution in [0.15, 0.2) is 54.6 Å². The van der Waals surface area contributed by atoms with Gasteiger partial charge in [-0.2, -0.15) is 0 Å². The second-order valence-corrected chi connectivity index (χ2v) is 4.94. The molecule has 0 amide bonds. The van der Waals surface area contributed by atoms with Crippen molar-refractivity contribution in [3.8, 4) is 17.2 Å². The Morgan fingerprint density at radius 3 is 2.45 bits per heavy atom.